The quantitative estimate of drug-likeness (QED) is 0.900. The number of hydrogen-bond donors (Lipinski definition) is 1. The Balaban J connectivity index is 2.00. The van der Waals surface area contributed by atoms with E-state index in [1.165, 1.54) is 5.69 Å². The third kappa shape index (κ3) is 4.13. The molecule has 1 aromatic heterocycles. The highest BCUT2D eigenvalue weighted by atomic mass is 32.2. The first-order valence-corrected chi connectivity index (χ1v) is 8.64. The average Bonchev–Trinajstić information content (AvgIpc) is 2.44. The molecule has 112 valence electrons. The molecule has 0 spiro atoms. The molecule has 0 saturated carbocycles. The van der Waals surface area contributed by atoms with Crippen LogP contribution in [0.25, 0.3) is 0 Å². The van der Waals surface area contributed by atoms with Crippen LogP contribution in [0.1, 0.15) is 45.9 Å². The van der Waals surface area contributed by atoms with Gasteiger partial charge in [-0.2, -0.15) is 11.8 Å². The summed E-state index contributed by atoms with van der Waals surface area (Å²) >= 11 is 2.08. The number of rotatable bonds is 5. The zero-order valence-electron chi connectivity index (χ0n) is 13.1. The Bertz CT molecular complexity index is 397. The molecule has 0 aliphatic carbocycles. The molecule has 1 saturated heterocycles. The smallest absolute Gasteiger partial charge is 0.0572 e. The average molecular weight is 293 g/mol. The topological polar surface area (TPSA) is 28.2 Å². The van der Waals surface area contributed by atoms with Crippen LogP contribution in [0.3, 0.4) is 0 Å². The number of nitrogens with one attached hydrogen (secondary N) is 1. The van der Waals surface area contributed by atoms with Crippen LogP contribution in [0, 0.1) is 0 Å². The van der Waals surface area contributed by atoms with Crippen LogP contribution >= 0.6 is 11.8 Å². The molecule has 3 nitrogen and oxygen atoms in total. The number of nitrogens with zero attached hydrogens (tertiary/aromatic N) is 2. The van der Waals surface area contributed by atoms with Crippen molar-refractivity contribution >= 4 is 17.4 Å². The summed E-state index contributed by atoms with van der Waals surface area (Å²) in [5.41, 5.74) is 2.39. The molecule has 2 rings (SSSR count). The highest BCUT2D eigenvalue weighted by Gasteiger charge is 2.22. The first kappa shape index (κ1) is 15.6. The lowest BCUT2D eigenvalue weighted by Gasteiger charge is -2.36. The van der Waals surface area contributed by atoms with E-state index in [0.717, 1.165) is 31.7 Å². The second-order valence-electron chi connectivity index (χ2n) is 5.78. The fraction of sp³-hybridized carbons (Fsp3) is 0.688. The third-order valence-corrected chi connectivity index (χ3v) is 4.93. The maximum Gasteiger partial charge on any atom is 0.0572 e. The van der Waals surface area contributed by atoms with Crippen molar-refractivity contribution in [3.05, 3.63) is 24.0 Å². The Labute approximate surface area is 127 Å². The first-order valence-electron chi connectivity index (χ1n) is 7.70. The fourth-order valence-corrected chi connectivity index (χ4v) is 4.02. The molecule has 1 aliphatic heterocycles. The van der Waals surface area contributed by atoms with Gasteiger partial charge in [0.2, 0.25) is 0 Å². The molecule has 1 fully saturated rings. The predicted octanol–water partition coefficient (Wildman–Crippen LogP) is 3.47. The second-order valence-corrected chi connectivity index (χ2v) is 7.66. The summed E-state index contributed by atoms with van der Waals surface area (Å²) in [5, 5.41) is 4.88. The lowest BCUT2D eigenvalue weighted by atomic mass is 10.2. The van der Waals surface area contributed by atoms with Crippen molar-refractivity contribution in [2.24, 2.45) is 0 Å². The Morgan fingerprint density at radius 2 is 2.05 bits per heavy atom. The Morgan fingerprint density at radius 1 is 1.35 bits per heavy atom. The Kier molecular flexibility index (Phi) is 5.73. The van der Waals surface area contributed by atoms with Crippen molar-refractivity contribution in [1.29, 1.82) is 0 Å². The van der Waals surface area contributed by atoms with Crippen LogP contribution in [0.4, 0.5) is 5.69 Å². The van der Waals surface area contributed by atoms with Crippen molar-refractivity contribution in [3.63, 3.8) is 0 Å². The maximum atomic E-state index is 4.65. The highest BCUT2D eigenvalue weighted by molar-refractivity contribution is 8.00. The summed E-state index contributed by atoms with van der Waals surface area (Å²) in [6, 6.07) is 4.72. The Hall–Kier alpha value is -0.740. The van der Waals surface area contributed by atoms with E-state index in [2.05, 4.69) is 66.8 Å². The van der Waals surface area contributed by atoms with Crippen molar-refractivity contribution in [3.8, 4) is 0 Å². The molecule has 3 unspecified atom stereocenters. The van der Waals surface area contributed by atoms with E-state index in [4.69, 9.17) is 0 Å². The van der Waals surface area contributed by atoms with E-state index in [1.807, 2.05) is 6.20 Å². The van der Waals surface area contributed by atoms with Crippen LogP contribution in [-0.2, 0) is 0 Å². The third-order valence-electron chi connectivity index (χ3n) is 3.70. The summed E-state index contributed by atoms with van der Waals surface area (Å²) in [5.74, 6) is 0. The fourth-order valence-electron chi connectivity index (χ4n) is 2.69. The molecule has 0 aromatic carbocycles. The van der Waals surface area contributed by atoms with Gasteiger partial charge in [-0.15, -0.1) is 0 Å². The monoisotopic (exact) mass is 293 g/mol. The van der Waals surface area contributed by atoms with Crippen molar-refractivity contribution in [2.75, 3.05) is 24.5 Å². The van der Waals surface area contributed by atoms with Gasteiger partial charge in [-0.25, -0.2) is 0 Å². The molecular formula is C16H27N3S. The summed E-state index contributed by atoms with van der Waals surface area (Å²) in [7, 11) is 0. The molecule has 0 radical (unpaired) electrons. The molecule has 0 amide bonds. The van der Waals surface area contributed by atoms with Gasteiger partial charge in [-0.3, -0.25) is 4.98 Å². The molecular weight excluding hydrogens is 266 g/mol. The summed E-state index contributed by atoms with van der Waals surface area (Å²) in [4.78, 5) is 7.11. The first-order chi connectivity index (χ1) is 9.60. The SMILES string of the molecule is CCCNC(C)c1ccc(N2CC(C)SC(C)C2)cn1. The normalized spacial score (nSPS) is 24.7. The summed E-state index contributed by atoms with van der Waals surface area (Å²) in [6.45, 7) is 12.3. The highest BCUT2D eigenvalue weighted by Crippen LogP contribution is 2.28. The predicted molar refractivity (Wildman–Crippen MR) is 89.7 cm³/mol. The minimum absolute atomic E-state index is 0.332. The van der Waals surface area contributed by atoms with E-state index < -0.39 is 0 Å². The molecule has 0 bridgehead atoms. The number of anilines is 1. The van der Waals surface area contributed by atoms with Crippen LogP contribution in [0.15, 0.2) is 18.3 Å². The van der Waals surface area contributed by atoms with Gasteiger partial charge in [0.25, 0.3) is 0 Å². The number of thioether (sulfide) groups is 1. The molecule has 1 N–H and O–H groups in total. The molecule has 2 heterocycles. The zero-order valence-corrected chi connectivity index (χ0v) is 13.9. The van der Waals surface area contributed by atoms with Gasteiger partial charge in [0.15, 0.2) is 0 Å². The zero-order chi connectivity index (χ0) is 14.5. The standard InChI is InChI=1S/C16H27N3S/c1-5-8-17-14(4)16-7-6-15(9-18-16)19-10-12(2)20-13(3)11-19/h6-7,9,12-14,17H,5,8,10-11H2,1-4H3. The van der Waals surface area contributed by atoms with E-state index in [9.17, 15) is 0 Å². The van der Waals surface area contributed by atoms with E-state index in [0.29, 0.717) is 16.5 Å². The van der Waals surface area contributed by atoms with Crippen LogP contribution in [-0.4, -0.2) is 35.1 Å². The van der Waals surface area contributed by atoms with E-state index >= 15 is 0 Å². The Morgan fingerprint density at radius 3 is 2.60 bits per heavy atom. The van der Waals surface area contributed by atoms with E-state index in [1.54, 1.807) is 0 Å². The van der Waals surface area contributed by atoms with Gasteiger partial charge < -0.3 is 10.2 Å². The molecule has 1 aliphatic rings. The van der Waals surface area contributed by atoms with Crippen molar-refractivity contribution in [1.82, 2.24) is 10.3 Å². The van der Waals surface area contributed by atoms with Crippen LogP contribution < -0.4 is 10.2 Å². The van der Waals surface area contributed by atoms with Gasteiger partial charge in [-0.1, -0.05) is 20.8 Å². The minimum Gasteiger partial charge on any atom is -0.368 e. The van der Waals surface area contributed by atoms with Gasteiger partial charge in [-0.05, 0) is 32.0 Å². The minimum atomic E-state index is 0.332. The largest absolute Gasteiger partial charge is 0.368 e. The van der Waals surface area contributed by atoms with Crippen molar-refractivity contribution in [2.45, 2.75) is 50.7 Å². The number of pyridine rings is 1. The lowest BCUT2D eigenvalue weighted by Crippen LogP contribution is -2.40. The van der Waals surface area contributed by atoms with Gasteiger partial charge in [0.1, 0.15) is 0 Å². The van der Waals surface area contributed by atoms with Gasteiger partial charge >= 0.3 is 0 Å². The lowest BCUT2D eigenvalue weighted by molar-refractivity contribution is 0.558. The number of aromatic nitrogens is 1. The summed E-state index contributed by atoms with van der Waals surface area (Å²) < 4.78 is 0. The van der Waals surface area contributed by atoms with Gasteiger partial charge in [0.05, 0.1) is 17.6 Å². The number of hydrogen-bond acceptors (Lipinski definition) is 4. The van der Waals surface area contributed by atoms with E-state index in [-0.39, 0.29) is 0 Å². The molecule has 4 heteroatoms. The van der Waals surface area contributed by atoms with Crippen LogP contribution in [0.5, 0.6) is 0 Å². The molecule has 1 aromatic rings. The van der Waals surface area contributed by atoms with Gasteiger partial charge in [0, 0.05) is 29.6 Å². The van der Waals surface area contributed by atoms with Crippen molar-refractivity contribution < 1.29 is 0 Å². The second kappa shape index (κ2) is 7.32. The maximum absolute atomic E-state index is 4.65. The summed E-state index contributed by atoms with van der Waals surface area (Å²) in [6.07, 6.45) is 3.19. The van der Waals surface area contributed by atoms with Crippen LogP contribution in [0.2, 0.25) is 0 Å². The molecule has 3 atom stereocenters. The molecule has 20 heavy (non-hydrogen) atoms.